The second-order valence-corrected chi connectivity index (χ2v) is 8.68. The summed E-state index contributed by atoms with van der Waals surface area (Å²) in [6, 6.07) is 12.7. The van der Waals surface area contributed by atoms with Crippen LogP contribution >= 0.6 is 0 Å². The van der Waals surface area contributed by atoms with Crippen molar-refractivity contribution in [3.8, 4) is 5.75 Å². The Bertz CT molecular complexity index is 1200. The van der Waals surface area contributed by atoms with Crippen LogP contribution in [0.15, 0.2) is 48.7 Å². The molecule has 0 aliphatic heterocycles. The van der Waals surface area contributed by atoms with Crippen molar-refractivity contribution in [1.82, 2.24) is 10.3 Å². The monoisotopic (exact) mass is 457 g/mol. The number of benzene rings is 2. The van der Waals surface area contributed by atoms with Crippen LogP contribution in [0.4, 0.5) is 18.9 Å². The number of rotatable bonds is 7. The fourth-order valence-electron chi connectivity index (χ4n) is 3.92. The maximum absolute atomic E-state index is 12.7. The summed E-state index contributed by atoms with van der Waals surface area (Å²) in [7, 11) is 0. The minimum absolute atomic E-state index is 0.203. The van der Waals surface area contributed by atoms with E-state index in [1.54, 1.807) is 6.07 Å². The predicted molar refractivity (Wildman–Crippen MR) is 116 cm³/mol. The Morgan fingerprint density at radius 1 is 1.09 bits per heavy atom. The Morgan fingerprint density at radius 2 is 1.85 bits per heavy atom. The number of fused-ring (bicyclic) bond motifs is 1. The zero-order valence-corrected chi connectivity index (χ0v) is 17.5. The van der Waals surface area contributed by atoms with Crippen LogP contribution in [0.1, 0.15) is 41.1 Å². The molecule has 2 aromatic carbocycles. The topological polar surface area (TPSA) is 83.2 Å². The largest absolute Gasteiger partial charge is 0.491 e. The standard InChI is InChI=1S/C24H22F3N3O3/c25-24(26,27)23(32)33-21-12-29-19-8-5-15(9-18(19)21)22(31)30-16-6-3-14(4-7-16)17-10-20(17)28-11-13-1-2-13/h3-9,12-13,17,20,28-29H,1-2,10-11H2,(H,30,31). The molecular formula is C24H22F3N3O3. The molecule has 5 rings (SSSR count). The van der Waals surface area contributed by atoms with Gasteiger partial charge in [0.05, 0.1) is 0 Å². The van der Waals surface area contributed by atoms with E-state index in [1.807, 2.05) is 24.3 Å². The van der Waals surface area contributed by atoms with Gasteiger partial charge in [0.25, 0.3) is 5.91 Å². The molecule has 2 atom stereocenters. The number of hydrogen-bond acceptors (Lipinski definition) is 4. The van der Waals surface area contributed by atoms with Gasteiger partial charge >= 0.3 is 12.1 Å². The highest BCUT2D eigenvalue weighted by Crippen LogP contribution is 2.42. The van der Waals surface area contributed by atoms with E-state index in [1.165, 1.54) is 30.5 Å². The number of aromatic amines is 1. The lowest BCUT2D eigenvalue weighted by molar-refractivity contribution is -0.189. The fraction of sp³-hybridized carbons (Fsp3) is 0.333. The van der Waals surface area contributed by atoms with E-state index in [0.717, 1.165) is 25.1 Å². The molecular weight excluding hydrogens is 435 g/mol. The predicted octanol–water partition coefficient (Wildman–Crippen LogP) is 4.74. The molecule has 2 unspecified atom stereocenters. The van der Waals surface area contributed by atoms with Crippen molar-refractivity contribution in [1.29, 1.82) is 0 Å². The SMILES string of the molecule is O=C(Nc1ccc(C2CC2NCC2CC2)cc1)c1ccc2[nH]cc(OC(=O)C(F)(F)F)c2c1. The first-order valence-corrected chi connectivity index (χ1v) is 10.8. The molecule has 2 saturated carbocycles. The van der Waals surface area contributed by atoms with E-state index in [0.29, 0.717) is 23.2 Å². The number of nitrogens with one attached hydrogen (secondary N) is 3. The lowest BCUT2D eigenvalue weighted by Crippen LogP contribution is -2.27. The lowest BCUT2D eigenvalue weighted by Gasteiger charge is -2.08. The van der Waals surface area contributed by atoms with Crippen molar-refractivity contribution in [3.05, 3.63) is 59.8 Å². The zero-order chi connectivity index (χ0) is 23.2. The summed E-state index contributed by atoms with van der Waals surface area (Å²) in [5, 5.41) is 6.60. The smallest absolute Gasteiger partial charge is 0.418 e. The number of carbonyl (C=O) groups excluding carboxylic acids is 2. The molecule has 0 spiro atoms. The maximum Gasteiger partial charge on any atom is 0.491 e. The van der Waals surface area contributed by atoms with Gasteiger partial charge in [0.1, 0.15) is 0 Å². The van der Waals surface area contributed by atoms with Gasteiger partial charge in [-0.25, -0.2) is 4.79 Å². The van der Waals surface area contributed by atoms with E-state index in [-0.39, 0.29) is 16.7 Å². The van der Waals surface area contributed by atoms with Crippen molar-refractivity contribution in [3.63, 3.8) is 0 Å². The minimum Gasteiger partial charge on any atom is -0.418 e. The molecule has 0 saturated heterocycles. The van der Waals surface area contributed by atoms with Crippen molar-refractivity contribution < 1.29 is 27.5 Å². The van der Waals surface area contributed by atoms with Crippen molar-refractivity contribution in [2.75, 3.05) is 11.9 Å². The van der Waals surface area contributed by atoms with Gasteiger partial charge in [-0.2, -0.15) is 13.2 Å². The van der Waals surface area contributed by atoms with Crippen LogP contribution in [-0.2, 0) is 4.79 Å². The molecule has 0 bridgehead atoms. The summed E-state index contributed by atoms with van der Waals surface area (Å²) in [6.07, 6.45) is -0.181. The third-order valence-corrected chi connectivity index (χ3v) is 6.09. The van der Waals surface area contributed by atoms with Crippen LogP contribution in [0.25, 0.3) is 10.9 Å². The average Bonchev–Trinajstić information content (AvgIpc) is 3.70. The highest BCUT2D eigenvalue weighted by atomic mass is 19.4. The number of amides is 1. The number of H-pyrrole nitrogens is 1. The van der Waals surface area contributed by atoms with Crippen LogP contribution in [-0.4, -0.2) is 35.6 Å². The summed E-state index contributed by atoms with van der Waals surface area (Å²) in [5.74, 6) is -1.68. The molecule has 172 valence electrons. The van der Waals surface area contributed by atoms with E-state index < -0.39 is 18.1 Å². The molecule has 2 aliphatic carbocycles. The molecule has 2 aliphatic rings. The maximum atomic E-state index is 12.7. The highest BCUT2D eigenvalue weighted by molar-refractivity contribution is 6.07. The third kappa shape index (κ3) is 4.88. The van der Waals surface area contributed by atoms with Crippen LogP contribution in [0, 0.1) is 5.92 Å². The summed E-state index contributed by atoms with van der Waals surface area (Å²) in [4.78, 5) is 26.6. The average molecular weight is 457 g/mol. The summed E-state index contributed by atoms with van der Waals surface area (Å²) in [6.45, 7) is 1.10. The van der Waals surface area contributed by atoms with Gasteiger partial charge in [0.2, 0.25) is 0 Å². The first-order valence-electron chi connectivity index (χ1n) is 10.8. The van der Waals surface area contributed by atoms with Gasteiger partial charge in [-0.15, -0.1) is 0 Å². The molecule has 3 N–H and O–H groups in total. The first kappa shape index (κ1) is 21.5. The Kier molecular flexibility index (Phi) is 5.36. The van der Waals surface area contributed by atoms with Crippen LogP contribution in [0.3, 0.4) is 0 Å². The summed E-state index contributed by atoms with van der Waals surface area (Å²) < 4.78 is 42.0. The van der Waals surface area contributed by atoms with E-state index >= 15 is 0 Å². The molecule has 2 fully saturated rings. The number of ether oxygens (including phenoxy) is 1. The summed E-state index contributed by atoms with van der Waals surface area (Å²) >= 11 is 0. The molecule has 3 aromatic rings. The van der Waals surface area contributed by atoms with Gasteiger partial charge in [-0.1, -0.05) is 12.1 Å². The van der Waals surface area contributed by atoms with E-state index in [4.69, 9.17) is 0 Å². The number of halogens is 3. The fourth-order valence-corrected chi connectivity index (χ4v) is 3.92. The molecule has 33 heavy (non-hydrogen) atoms. The van der Waals surface area contributed by atoms with Gasteiger partial charge in [0, 0.05) is 40.3 Å². The normalized spacial score (nSPS) is 20.0. The van der Waals surface area contributed by atoms with Gasteiger partial charge in [-0.3, -0.25) is 4.79 Å². The Hall–Kier alpha value is -3.33. The third-order valence-electron chi connectivity index (χ3n) is 6.09. The second kappa shape index (κ2) is 8.22. The van der Waals surface area contributed by atoms with Gasteiger partial charge in [-0.05, 0) is 67.6 Å². The number of aromatic nitrogens is 1. The quantitative estimate of drug-likeness (QED) is 0.448. The number of anilines is 1. The van der Waals surface area contributed by atoms with Crippen LogP contribution in [0.5, 0.6) is 5.75 Å². The Labute approximate surface area is 187 Å². The highest BCUT2D eigenvalue weighted by Gasteiger charge is 2.42. The van der Waals surface area contributed by atoms with Crippen molar-refractivity contribution in [2.45, 2.75) is 37.4 Å². The van der Waals surface area contributed by atoms with Crippen molar-refractivity contribution >= 4 is 28.5 Å². The Balaban J connectivity index is 1.23. The lowest BCUT2D eigenvalue weighted by atomic mass is 10.1. The van der Waals surface area contributed by atoms with Crippen LogP contribution in [0.2, 0.25) is 0 Å². The molecule has 0 radical (unpaired) electrons. The minimum atomic E-state index is -5.11. The van der Waals surface area contributed by atoms with Gasteiger partial charge < -0.3 is 20.4 Å². The number of alkyl halides is 3. The van der Waals surface area contributed by atoms with Crippen molar-refractivity contribution in [2.24, 2.45) is 5.92 Å². The molecule has 9 heteroatoms. The number of carbonyl (C=O) groups is 2. The number of hydrogen-bond donors (Lipinski definition) is 3. The summed E-state index contributed by atoms with van der Waals surface area (Å²) in [5.41, 5.74) is 2.51. The first-order chi connectivity index (χ1) is 15.8. The van der Waals surface area contributed by atoms with Gasteiger partial charge in [0.15, 0.2) is 5.75 Å². The van der Waals surface area contributed by atoms with E-state index in [2.05, 4.69) is 20.4 Å². The molecule has 1 heterocycles. The molecule has 1 amide bonds. The molecule has 1 aromatic heterocycles. The number of esters is 1. The molecule has 6 nitrogen and oxygen atoms in total. The second-order valence-electron chi connectivity index (χ2n) is 8.68. The van der Waals surface area contributed by atoms with Crippen LogP contribution < -0.4 is 15.4 Å². The van der Waals surface area contributed by atoms with E-state index in [9.17, 15) is 22.8 Å². The zero-order valence-electron chi connectivity index (χ0n) is 17.5. The Morgan fingerprint density at radius 3 is 2.55 bits per heavy atom.